The minimum Gasteiger partial charge on any atom is -0.376 e. The fourth-order valence-electron chi connectivity index (χ4n) is 1.80. The lowest BCUT2D eigenvalue weighted by Gasteiger charge is -2.29. The van der Waals surface area contributed by atoms with Crippen molar-refractivity contribution in [3.63, 3.8) is 0 Å². The molecular weight excluding hydrogens is 254 g/mol. The van der Waals surface area contributed by atoms with E-state index in [0.717, 1.165) is 19.4 Å². The van der Waals surface area contributed by atoms with Crippen LogP contribution < -0.4 is 5.32 Å². The Labute approximate surface area is 124 Å². The maximum Gasteiger partial charge on any atom is 0.222 e. The van der Waals surface area contributed by atoms with Gasteiger partial charge in [0, 0.05) is 19.1 Å². The van der Waals surface area contributed by atoms with Gasteiger partial charge < -0.3 is 14.8 Å². The van der Waals surface area contributed by atoms with E-state index >= 15 is 0 Å². The second kappa shape index (κ2) is 8.63. The molecule has 0 bridgehead atoms. The van der Waals surface area contributed by atoms with Crippen molar-refractivity contribution in [1.29, 1.82) is 0 Å². The van der Waals surface area contributed by atoms with E-state index < -0.39 is 0 Å². The summed E-state index contributed by atoms with van der Waals surface area (Å²) in [5.74, 6) is 0.129. The van der Waals surface area contributed by atoms with Gasteiger partial charge in [0.15, 0.2) is 0 Å². The zero-order valence-electron chi connectivity index (χ0n) is 14.3. The molecule has 120 valence electrons. The molecule has 1 N–H and O–H groups in total. The summed E-state index contributed by atoms with van der Waals surface area (Å²) in [6.45, 7) is 16.1. The zero-order valence-corrected chi connectivity index (χ0v) is 14.3. The minimum absolute atomic E-state index is 0.0334. The van der Waals surface area contributed by atoms with Gasteiger partial charge in [-0.15, -0.1) is 0 Å². The topological polar surface area (TPSA) is 47.6 Å². The minimum atomic E-state index is -0.230. The van der Waals surface area contributed by atoms with Crippen molar-refractivity contribution in [2.75, 3.05) is 19.8 Å². The van der Waals surface area contributed by atoms with Crippen LogP contribution in [0.25, 0.3) is 0 Å². The van der Waals surface area contributed by atoms with Crippen LogP contribution >= 0.6 is 0 Å². The Morgan fingerprint density at radius 1 is 1.05 bits per heavy atom. The number of ether oxygens (including phenoxy) is 2. The molecule has 0 aliphatic carbocycles. The van der Waals surface area contributed by atoms with Gasteiger partial charge in [0.25, 0.3) is 0 Å². The lowest BCUT2D eigenvalue weighted by molar-refractivity contribution is -0.124. The second-order valence-corrected chi connectivity index (χ2v) is 6.75. The molecule has 0 saturated heterocycles. The average molecular weight is 287 g/mol. The fraction of sp³-hybridized carbons (Fsp3) is 0.938. The first kappa shape index (κ1) is 19.4. The fourth-order valence-corrected chi connectivity index (χ4v) is 1.80. The quantitative estimate of drug-likeness (QED) is 0.671. The monoisotopic (exact) mass is 287 g/mol. The van der Waals surface area contributed by atoms with Gasteiger partial charge in [-0.3, -0.25) is 4.79 Å². The number of hydrogen-bond donors (Lipinski definition) is 1. The van der Waals surface area contributed by atoms with Crippen molar-refractivity contribution in [3.05, 3.63) is 0 Å². The molecule has 0 aliphatic heterocycles. The standard InChI is InChI=1S/C16H33NO3/c1-8-19-16(6,7)10-12-20-15(4,5)9-11-17-14(18)13(2)3/h13H,8-12H2,1-7H3,(H,17,18). The highest BCUT2D eigenvalue weighted by molar-refractivity contribution is 5.77. The van der Waals surface area contributed by atoms with Crippen molar-refractivity contribution < 1.29 is 14.3 Å². The molecule has 0 heterocycles. The summed E-state index contributed by atoms with van der Waals surface area (Å²) in [7, 11) is 0. The summed E-state index contributed by atoms with van der Waals surface area (Å²) in [5, 5.41) is 2.92. The SMILES string of the molecule is CCOC(C)(C)CCOC(C)(C)CCNC(=O)C(C)C. The van der Waals surface area contributed by atoms with E-state index in [1.54, 1.807) is 0 Å². The number of nitrogens with one attached hydrogen (secondary N) is 1. The van der Waals surface area contributed by atoms with Crippen LogP contribution in [-0.2, 0) is 14.3 Å². The first-order chi connectivity index (χ1) is 9.09. The van der Waals surface area contributed by atoms with Crippen molar-refractivity contribution in [3.8, 4) is 0 Å². The molecular formula is C16H33NO3. The molecule has 4 heteroatoms. The third kappa shape index (κ3) is 9.32. The summed E-state index contributed by atoms with van der Waals surface area (Å²) in [6, 6.07) is 0. The molecule has 0 aliphatic rings. The lowest BCUT2D eigenvalue weighted by atomic mass is 10.0. The zero-order chi connectivity index (χ0) is 15.8. The molecule has 0 aromatic heterocycles. The van der Waals surface area contributed by atoms with Gasteiger partial charge in [-0.2, -0.15) is 0 Å². The molecule has 1 amide bonds. The van der Waals surface area contributed by atoms with E-state index in [0.29, 0.717) is 13.2 Å². The Morgan fingerprint density at radius 3 is 2.10 bits per heavy atom. The highest BCUT2D eigenvalue weighted by Crippen LogP contribution is 2.19. The van der Waals surface area contributed by atoms with Gasteiger partial charge in [-0.25, -0.2) is 0 Å². The molecule has 0 aromatic rings. The molecule has 0 fully saturated rings. The summed E-state index contributed by atoms with van der Waals surface area (Å²) >= 11 is 0. The van der Waals surface area contributed by atoms with E-state index in [4.69, 9.17) is 9.47 Å². The van der Waals surface area contributed by atoms with E-state index in [2.05, 4.69) is 33.0 Å². The number of hydrogen-bond acceptors (Lipinski definition) is 3. The number of carbonyl (C=O) groups excluding carboxylic acids is 1. The van der Waals surface area contributed by atoms with Gasteiger partial charge >= 0.3 is 0 Å². The normalized spacial score (nSPS) is 12.8. The first-order valence-corrected chi connectivity index (χ1v) is 7.65. The number of amides is 1. The summed E-state index contributed by atoms with van der Waals surface area (Å²) in [5.41, 5.74) is -0.372. The molecule has 0 aromatic carbocycles. The highest BCUT2D eigenvalue weighted by Gasteiger charge is 2.22. The number of carbonyl (C=O) groups is 1. The predicted octanol–water partition coefficient (Wildman–Crippen LogP) is 3.15. The molecule has 0 spiro atoms. The Hall–Kier alpha value is -0.610. The van der Waals surface area contributed by atoms with Crippen LogP contribution in [0.5, 0.6) is 0 Å². The predicted molar refractivity (Wildman–Crippen MR) is 82.8 cm³/mol. The van der Waals surface area contributed by atoms with Crippen LogP contribution in [0.15, 0.2) is 0 Å². The lowest BCUT2D eigenvalue weighted by Crippen LogP contribution is -2.36. The van der Waals surface area contributed by atoms with Crippen LogP contribution in [0.4, 0.5) is 0 Å². The van der Waals surface area contributed by atoms with Crippen molar-refractivity contribution in [1.82, 2.24) is 5.32 Å². The maximum atomic E-state index is 11.5. The Balaban J connectivity index is 3.93. The molecule has 0 radical (unpaired) electrons. The first-order valence-electron chi connectivity index (χ1n) is 7.65. The van der Waals surface area contributed by atoms with Gasteiger partial charge in [-0.05, 0) is 47.5 Å². The van der Waals surface area contributed by atoms with Crippen LogP contribution in [0, 0.1) is 5.92 Å². The Bertz CT molecular complexity index is 285. The maximum absolute atomic E-state index is 11.5. The summed E-state index contributed by atoms with van der Waals surface area (Å²) in [4.78, 5) is 11.5. The average Bonchev–Trinajstić information content (AvgIpc) is 2.27. The molecule has 0 atom stereocenters. The third-order valence-corrected chi connectivity index (χ3v) is 3.28. The Kier molecular flexibility index (Phi) is 8.36. The molecule has 0 saturated carbocycles. The molecule has 0 rings (SSSR count). The van der Waals surface area contributed by atoms with Crippen molar-refractivity contribution in [2.45, 2.75) is 72.5 Å². The van der Waals surface area contributed by atoms with Crippen LogP contribution in [0.1, 0.15) is 61.3 Å². The van der Waals surface area contributed by atoms with Crippen molar-refractivity contribution >= 4 is 5.91 Å². The number of rotatable bonds is 10. The molecule has 0 unspecified atom stereocenters. The van der Waals surface area contributed by atoms with Gasteiger partial charge in [-0.1, -0.05) is 13.8 Å². The highest BCUT2D eigenvalue weighted by atomic mass is 16.5. The summed E-state index contributed by atoms with van der Waals surface area (Å²) < 4.78 is 11.6. The Morgan fingerprint density at radius 2 is 1.60 bits per heavy atom. The van der Waals surface area contributed by atoms with Crippen molar-refractivity contribution in [2.24, 2.45) is 5.92 Å². The van der Waals surface area contributed by atoms with Crippen LogP contribution in [0.3, 0.4) is 0 Å². The summed E-state index contributed by atoms with van der Waals surface area (Å²) in [6.07, 6.45) is 1.67. The van der Waals surface area contributed by atoms with E-state index in [9.17, 15) is 4.79 Å². The second-order valence-electron chi connectivity index (χ2n) is 6.75. The van der Waals surface area contributed by atoms with Gasteiger partial charge in [0.1, 0.15) is 0 Å². The van der Waals surface area contributed by atoms with Gasteiger partial charge in [0.05, 0.1) is 17.8 Å². The van der Waals surface area contributed by atoms with E-state index in [-0.39, 0.29) is 23.0 Å². The largest absolute Gasteiger partial charge is 0.376 e. The van der Waals surface area contributed by atoms with E-state index in [1.807, 2.05) is 20.8 Å². The van der Waals surface area contributed by atoms with Crippen LogP contribution in [-0.4, -0.2) is 36.9 Å². The smallest absolute Gasteiger partial charge is 0.222 e. The van der Waals surface area contributed by atoms with E-state index in [1.165, 1.54) is 0 Å². The van der Waals surface area contributed by atoms with Gasteiger partial charge in [0.2, 0.25) is 5.91 Å². The molecule has 4 nitrogen and oxygen atoms in total. The third-order valence-electron chi connectivity index (χ3n) is 3.28. The van der Waals surface area contributed by atoms with Crippen LogP contribution in [0.2, 0.25) is 0 Å². The molecule has 20 heavy (non-hydrogen) atoms.